The molecule has 3 aromatic rings. The Morgan fingerprint density at radius 1 is 1.00 bits per heavy atom. The molecule has 2 aromatic carbocycles. The molecule has 12 heteroatoms. The molecule has 2 aliphatic heterocycles. The van der Waals surface area contributed by atoms with E-state index < -0.39 is 37.3 Å². The molecule has 1 saturated heterocycles. The number of aromatic hydroxyl groups is 2. The topological polar surface area (TPSA) is 190 Å². The Labute approximate surface area is 204 Å². The molecule has 5 atom stereocenters. The van der Waals surface area contributed by atoms with Gasteiger partial charge in [-0.1, -0.05) is 23.4 Å². The zero-order valence-electron chi connectivity index (χ0n) is 18.9. The molecule has 7 N–H and O–H groups in total. The van der Waals surface area contributed by atoms with Gasteiger partial charge in [0, 0.05) is 16.5 Å². The predicted octanol–water partition coefficient (Wildman–Crippen LogP) is 0.251. The van der Waals surface area contributed by atoms with Gasteiger partial charge in [0.2, 0.25) is 0 Å². The molecule has 2 aliphatic rings. The first-order valence-electron chi connectivity index (χ1n) is 11.2. The number of aromatic amines is 1. The Balaban J connectivity index is 1.33. The highest BCUT2D eigenvalue weighted by atomic mass is 16.7. The zero-order chi connectivity index (χ0) is 25.4. The van der Waals surface area contributed by atoms with Crippen LogP contribution in [0.25, 0.3) is 10.9 Å². The van der Waals surface area contributed by atoms with Crippen LogP contribution < -0.4 is 0 Å². The first-order valence-corrected chi connectivity index (χ1v) is 11.2. The lowest BCUT2D eigenvalue weighted by Crippen LogP contribution is -2.59. The molecular formula is C24H25N3O9. The first-order chi connectivity index (χ1) is 17.4. The van der Waals surface area contributed by atoms with Gasteiger partial charge in [-0.2, -0.15) is 0 Å². The standard InChI is InChI=1S/C24H25N3O9/c28-10-16-20(30)21(31)22(32)24(36-16)34-7-8-35-27-18-12-3-1-2-4-14(12)25-19(18)17-13-9-11(29)5-6-15(13)26-23(17)33/h1-6,9,16,20-22,24,26,28-33H,7-8,10H2/b27-18+/t16-,20-,21+,22-,24-/m1/s1. The number of benzene rings is 2. The Morgan fingerprint density at radius 3 is 2.61 bits per heavy atom. The van der Waals surface area contributed by atoms with Crippen molar-refractivity contribution in [3.05, 3.63) is 53.6 Å². The summed E-state index contributed by atoms with van der Waals surface area (Å²) in [6, 6.07) is 11.9. The van der Waals surface area contributed by atoms with E-state index in [0.29, 0.717) is 39.1 Å². The monoisotopic (exact) mass is 499 g/mol. The quantitative estimate of drug-likeness (QED) is 0.176. The lowest BCUT2D eigenvalue weighted by molar-refractivity contribution is -0.302. The number of fused-ring (bicyclic) bond motifs is 2. The molecule has 1 fully saturated rings. The summed E-state index contributed by atoms with van der Waals surface area (Å²) in [4.78, 5) is 12.9. The second-order valence-electron chi connectivity index (χ2n) is 8.40. The number of H-pyrrole nitrogens is 1. The van der Waals surface area contributed by atoms with Crippen molar-refractivity contribution in [3.8, 4) is 11.6 Å². The SMILES string of the molecule is OC[C@H]1O[C@@H](OCCO/N=C2/C(c3c(O)[nH]c4ccc(O)cc34)=Nc3ccccc32)[C@H](O)[C@@H](O)[C@@H]1O. The van der Waals surface area contributed by atoms with Crippen molar-refractivity contribution >= 4 is 28.0 Å². The Morgan fingerprint density at radius 2 is 1.81 bits per heavy atom. The third-order valence-corrected chi connectivity index (χ3v) is 6.08. The van der Waals surface area contributed by atoms with Gasteiger partial charge in [0.1, 0.15) is 48.2 Å². The number of hydrogen-bond acceptors (Lipinski definition) is 11. The van der Waals surface area contributed by atoms with Crippen LogP contribution in [-0.4, -0.2) is 97.6 Å². The van der Waals surface area contributed by atoms with Crippen molar-refractivity contribution in [1.29, 1.82) is 0 Å². The van der Waals surface area contributed by atoms with Crippen molar-refractivity contribution in [1.82, 2.24) is 4.98 Å². The molecule has 190 valence electrons. The summed E-state index contributed by atoms with van der Waals surface area (Å²) in [5, 5.41) is 64.4. The second kappa shape index (κ2) is 9.85. The van der Waals surface area contributed by atoms with Gasteiger partial charge in [0.15, 0.2) is 12.2 Å². The fourth-order valence-corrected chi connectivity index (χ4v) is 4.26. The molecule has 3 heterocycles. The van der Waals surface area contributed by atoms with Gasteiger partial charge in [0.05, 0.1) is 24.5 Å². The predicted molar refractivity (Wildman–Crippen MR) is 126 cm³/mol. The van der Waals surface area contributed by atoms with Crippen LogP contribution in [-0.2, 0) is 14.3 Å². The summed E-state index contributed by atoms with van der Waals surface area (Å²) in [5.74, 6) is -0.111. The fraction of sp³-hybridized carbons (Fsp3) is 0.333. The minimum Gasteiger partial charge on any atom is -0.508 e. The van der Waals surface area contributed by atoms with E-state index in [1.54, 1.807) is 12.1 Å². The molecule has 1 aromatic heterocycles. The summed E-state index contributed by atoms with van der Waals surface area (Å²) < 4.78 is 10.7. The maximum absolute atomic E-state index is 10.6. The number of aliphatic hydroxyl groups excluding tert-OH is 4. The molecular weight excluding hydrogens is 474 g/mol. The second-order valence-corrected chi connectivity index (χ2v) is 8.40. The number of hydrogen-bond donors (Lipinski definition) is 7. The van der Waals surface area contributed by atoms with Crippen LogP contribution in [0.5, 0.6) is 11.6 Å². The number of rotatable bonds is 7. The normalized spacial score (nSPS) is 26.8. The van der Waals surface area contributed by atoms with E-state index in [9.17, 15) is 30.6 Å². The fourth-order valence-electron chi connectivity index (χ4n) is 4.26. The smallest absolute Gasteiger partial charge is 0.199 e. The van der Waals surface area contributed by atoms with Gasteiger partial charge in [0.25, 0.3) is 0 Å². The third kappa shape index (κ3) is 4.30. The van der Waals surface area contributed by atoms with Crippen LogP contribution in [0.1, 0.15) is 11.1 Å². The first kappa shape index (κ1) is 24.2. The van der Waals surface area contributed by atoms with Crippen molar-refractivity contribution in [2.24, 2.45) is 10.1 Å². The molecule has 0 aliphatic carbocycles. The van der Waals surface area contributed by atoms with Crippen molar-refractivity contribution in [2.45, 2.75) is 30.7 Å². The van der Waals surface area contributed by atoms with Crippen LogP contribution in [0.15, 0.2) is 52.6 Å². The number of ether oxygens (including phenoxy) is 2. The summed E-state index contributed by atoms with van der Waals surface area (Å²) in [7, 11) is 0. The minimum atomic E-state index is -1.54. The lowest BCUT2D eigenvalue weighted by Gasteiger charge is -2.39. The average molecular weight is 499 g/mol. The van der Waals surface area contributed by atoms with Crippen molar-refractivity contribution < 1.29 is 45.0 Å². The van der Waals surface area contributed by atoms with Crippen molar-refractivity contribution in [3.63, 3.8) is 0 Å². The molecule has 0 saturated carbocycles. The van der Waals surface area contributed by atoms with E-state index in [4.69, 9.17) is 14.3 Å². The summed E-state index contributed by atoms with van der Waals surface area (Å²) in [6.07, 6.45) is -6.89. The maximum Gasteiger partial charge on any atom is 0.199 e. The Hall–Kier alpha value is -3.52. The summed E-state index contributed by atoms with van der Waals surface area (Å²) in [5.41, 5.74) is 2.97. The molecule has 12 nitrogen and oxygen atoms in total. The van der Waals surface area contributed by atoms with Gasteiger partial charge in [-0.3, -0.25) is 0 Å². The number of aliphatic hydroxyl groups is 4. The van der Waals surface area contributed by atoms with Gasteiger partial charge >= 0.3 is 0 Å². The highest BCUT2D eigenvalue weighted by Crippen LogP contribution is 2.36. The molecule has 36 heavy (non-hydrogen) atoms. The van der Waals surface area contributed by atoms with Crippen LogP contribution >= 0.6 is 0 Å². The lowest BCUT2D eigenvalue weighted by atomic mass is 9.99. The van der Waals surface area contributed by atoms with E-state index >= 15 is 0 Å². The van der Waals surface area contributed by atoms with Crippen LogP contribution in [0, 0.1) is 0 Å². The number of nitrogens with zero attached hydrogens (tertiary/aromatic N) is 2. The van der Waals surface area contributed by atoms with Gasteiger partial charge in [-0.05, 0) is 24.3 Å². The maximum atomic E-state index is 10.6. The Bertz CT molecular complexity index is 1320. The summed E-state index contributed by atoms with van der Waals surface area (Å²) >= 11 is 0. The van der Waals surface area contributed by atoms with E-state index in [2.05, 4.69) is 15.1 Å². The highest BCUT2D eigenvalue weighted by Gasteiger charge is 2.44. The third-order valence-electron chi connectivity index (χ3n) is 6.08. The van der Waals surface area contributed by atoms with Crippen LogP contribution in [0.3, 0.4) is 0 Å². The molecule has 0 spiro atoms. The number of aromatic nitrogens is 1. The van der Waals surface area contributed by atoms with Crippen molar-refractivity contribution in [2.75, 3.05) is 19.8 Å². The van der Waals surface area contributed by atoms with Gasteiger partial charge < -0.3 is 49.9 Å². The number of oxime groups is 1. The van der Waals surface area contributed by atoms with Crippen LogP contribution in [0.2, 0.25) is 0 Å². The highest BCUT2D eigenvalue weighted by molar-refractivity contribution is 6.58. The largest absolute Gasteiger partial charge is 0.508 e. The number of phenolic OH excluding ortho intramolecular Hbond substituents is 1. The average Bonchev–Trinajstić information content (AvgIpc) is 3.39. The molecule has 0 amide bonds. The van der Waals surface area contributed by atoms with E-state index in [-0.39, 0.29) is 24.8 Å². The van der Waals surface area contributed by atoms with E-state index in [0.717, 1.165) is 0 Å². The number of phenols is 1. The summed E-state index contributed by atoms with van der Waals surface area (Å²) in [6.45, 7) is -0.733. The molecule has 0 bridgehead atoms. The van der Waals surface area contributed by atoms with E-state index in [1.807, 2.05) is 18.2 Å². The molecule has 0 unspecified atom stereocenters. The zero-order valence-corrected chi connectivity index (χ0v) is 18.9. The number of nitrogens with one attached hydrogen (secondary N) is 1. The van der Waals surface area contributed by atoms with Gasteiger partial charge in [-0.15, -0.1) is 0 Å². The number of para-hydroxylation sites is 1. The van der Waals surface area contributed by atoms with Gasteiger partial charge in [-0.25, -0.2) is 4.99 Å². The van der Waals surface area contributed by atoms with E-state index in [1.165, 1.54) is 12.1 Å². The minimum absolute atomic E-state index is 0.0268. The Kier molecular flexibility index (Phi) is 6.62. The van der Waals surface area contributed by atoms with Crippen LogP contribution in [0.4, 0.5) is 5.69 Å². The number of aliphatic imine (C=N–C) groups is 1. The molecule has 5 rings (SSSR count). The molecule has 0 radical (unpaired) electrons.